The normalized spacial score (nSPS) is 20.3. The molecule has 1 aliphatic carbocycles. The molecule has 0 bridgehead atoms. The van der Waals surface area contributed by atoms with Crippen molar-refractivity contribution < 1.29 is 22.7 Å². The molecule has 1 aliphatic heterocycles. The van der Waals surface area contributed by atoms with Gasteiger partial charge in [0.25, 0.3) is 5.91 Å². The van der Waals surface area contributed by atoms with Crippen molar-refractivity contribution in [3.05, 3.63) is 64.2 Å². The average Bonchev–Trinajstić information content (AvgIpc) is 2.97. The number of amides is 1. The lowest BCUT2D eigenvalue weighted by atomic mass is 9.87. The van der Waals surface area contributed by atoms with E-state index in [1.807, 2.05) is 0 Å². The summed E-state index contributed by atoms with van der Waals surface area (Å²) in [6, 6.07) is 9.45. The van der Waals surface area contributed by atoms with Crippen LogP contribution >= 0.6 is 0 Å². The van der Waals surface area contributed by atoms with E-state index in [1.165, 1.54) is 54.5 Å². The number of alkyl halides is 3. The Kier molecular flexibility index (Phi) is 11.1. The van der Waals surface area contributed by atoms with Crippen LogP contribution < -0.4 is 10.1 Å². The highest BCUT2D eigenvalue weighted by atomic mass is 19.4. The molecule has 4 rings (SSSR count). The van der Waals surface area contributed by atoms with Gasteiger partial charge in [0.15, 0.2) is 0 Å². The molecule has 226 valence electrons. The lowest BCUT2D eigenvalue weighted by molar-refractivity contribution is -0.137. The number of hydrogen-bond acceptors (Lipinski definition) is 4. The quantitative estimate of drug-likeness (QED) is 0.306. The number of hydrogen-bond donors (Lipinski definition) is 1. The molecule has 0 radical (unpaired) electrons. The van der Waals surface area contributed by atoms with Crippen LogP contribution in [0, 0.1) is 19.8 Å². The minimum Gasteiger partial charge on any atom is -0.493 e. The molecule has 1 heterocycles. The largest absolute Gasteiger partial charge is 0.493 e. The summed E-state index contributed by atoms with van der Waals surface area (Å²) in [6.07, 6.45) is 4.01. The highest BCUT2D eigenvalue weighted by Crippen LogP contribution is 2.29. The van der Waals surface area contributed by atoms with Gasteiger partial charge >= 0.3 is 6.18 Å². The Morgan fingerprint density at radius 1 is 0.927 bits per heavy atom. The van der Waals surface area contributed by atoms with Gasteiger partial charge in [-0.05, 0) is 118 Å². The zero-order valence-electron chi connectivity index (χ0n) is 24.9. The Bertz CT molecular complexity index is 1120. The number of unbranched alkanes of at least 4 members (excludes halogenated alkanes) is 1. The van der Waals surface area contributed by atoms with Crippen molar-refractivity contribution in [3.63, 3.8) is 0 Å². The van der Waals surface area contributed by atoms with Gasteiger partial charge in [-0.25, -0.2) is 0 Å². The fourth-order valence-corrected chi connectivity index (χ4v) is 5.90. The first-order valence-corrected chi connectivity index (χ1v) is 15.3. The molecule has 5 nitrogen and oxygen atoms in total. The van der Waals surface area contributed by atoms with Crippen molar-refractivity contribution in [2.45, 2.75) is 77.9 Å². The standard InChI is InChI=1S/C33H46F3N3O2/c1-24-6-13-30(14-7-24)37-17-4-5-23-41-31-15-10-27(25(2)26(31)3)16-18-38-19-21-39(22-20-38)32(40)28-8-11-29(12-9-28)33(34,35)36/h8-12,15,24,30,37H,4-7,13-14,16-23H2,1-3H3. The number of nitrogens with zero attached hydrogens (tertiary/aromatic N) is 2. The molecule has 0 spiro atoms. The highest BCUT2D eigenvalue weighted by molar-refractivity contribution is 5.94. The molecule has 1 N–H and O–H groups in total. The molecule has 0 atom stereocenters. The van der Waals surface area contributed by atoms with E-state index >= 15 is 0 Å². The Balaban J connectivity index is 1.15. The molecule has 0 unspecified atom stereocenters. The molecule has 8 heteroatoms. The first kappa shape index (κ1) is 31.4. The summed E-state index contributed by atoms with van der Waals surface area (Å²) >= 11 is 0. The number of carbonyl (C=O) groups excluding carboxylic acids is 1. The fraction of sp³-hybridized carbons (Fsp3) is 0.606. The summed E-state index contributed by atoms with van der Waals surface area (Å²) in [5.74, 6) is 1.64. The minimum absolute atomic E-state index is 0.212. The van der Waals surface area contributed by atoms with Crippen LogP contribution in [0.4, 0.5) is 13.2 Å². The van der Waals surface area contributed by atoms with E-state index < -0.39 is 11.7 Å². The number of piperazine rings is 1. The molecule has 0 aromatic heterocycles. The second kappa shape index (κ2) is 14.5. The van der Waals surface area contributed by atoms with Gasteiger partial charge in [-0.1, -0.05) is 13.0 Å². The van der Waals surface area contributed by atoms with E-state index in [0.717, 1.165) is 75.8 Å². The number of ether oxygens (including phenoxy) is 1. The van der Waals surface area contributed by atoms with Crippen LogP contribution in [0.15, 0.2) is 36.4 Å². The molecular weight excluding hydrogens is 527 g/mol. The maximum absolute atomic E-state index is 12.8. The molecule has 1 saturated heterocycles. The third-order valence-electron chi connectivity index (χ3n) is 8.94. The SMILES string of the molecule is Cc1c(CCN2CCN(C(=O)c3ccc(C(F)(F)F)cc3)CC2)ccc(OCCCCNC2CCC(C)CC2)c1C. The van der Waals surface area contributed by atoms with Crippen LogP contribution in [0.2, 0.25) is 0 Å². The van der Waals surface area contributed by atoms with Crippen molar-refractivity contribution in [1.82, 2.24) is 15.1 Å². The average molecular weight is 574 g/mol. The summed E-state index contributed by atoms with van der Waals surface area (Å²) < 4.78 is 44.6. The predicted octanol–water partition coefficient (Wildman–Crippen LogP) is 6.65. The Labute approximate surface area is 243 Å². The van der Waals surface area contributed by atoms with Crippen LogP contribution in [0.1, 0.15) is 78.1 Å². The van der Waals surface area contributed by atoms with Crippen molar-refractivity contribution in [3.8, 4) is 5.75 Å². The predicted molar refractivity (Wildman–Crippen MR) is 158 cm³/mol. The molecule has 41 heavy (non-hydrogen) atoms. The summed E-state index contributed by atoms with van der Waals surface area (Å²) in [7, 11) is 0. The van der Waals surface area contributed by atoms with E-state index in [-0.39, 0.29) is 5.91 Å². The number of nitrogens with one attached hydrogen (secondary N) is 1. The second-order valence-electron chi connectivity index (χ2n) is 11.9. The summed E-state index contributed by atoms with van der Waals surface area (Å²) in [6.45, 7) is 12.0. The minimum atomic E-state index is -4.40. The van der Waals surface area contributed by atoms with Crippen molar-refractivity contribution in [2.24, 2.45) is 5.92 Å². The fourth-order valence-electron chi connectivity index (χ4n) is 5.90. The third-order valence-corrected chi connectivity index (χ3v) is 8.94. The van der Waals surface area contributed by atoms with Gasteiger partial charge in [0.1, 0.15) is 5.75 Å². The molecule has 2 aromatic rings. The first-order chi connectivity index (χ1) is 19.6. The lowest BCUT2D eigenvalue weighted by Crippen LogP contribution is -2.49. The second-order valence-corrected chi connectivity index (χ2v) is 11.9. The molecular formula is C33H46F3N3O2. The molecule has 2 aromatic carbocycles. The van der Waals surface area contributed by atoms with Gasteiger partial charge < -0.3 is 15.0 Å². The number of benzene rings is 2. The molecule has 2 aliphatic rings. The zero-order valence-corrected chi connectivity index (χ0v) is 24.9. The van der Waals surface area contributed by atoms with E-state index in [4.69, 9.17) is 4.74 Å². The number of carbonyl (C=O) groups is 1. The number of rotatable bonds is 11. The third kappa shape index (κ3) is 8.95. The van der Waals surface area contributed by atoms with E-state index in [0.29, 0.717) is 24.7 Å². The van der Waals surface area contributed by atoms with Crippen LogP contribution in [0.25, 0.3) is 0 Å². The van der Waals surface area contributed by atoms with Crippen molar-refractivity contribution in [1.29, 1.82) is 0 Å². The summed E-state index contributed by atoms with van der Waals surface area (Å²) in [5.41, 5.74) is 3.34. The van der Waals surface area contributed by atoms with Gasteiger partial charge in [0.05, 0.1) is 12.2 Å². The van der Waals surface area contributed by atoms with Gasteiger partial charge in [-0.3, -0.25) is 9.69 Å². The Morgan fingerprint density at radius 3 is 2.27 bits per heavy atom. The lowest BCUT2D eigenvalue weighted by Gasteiger charge is -2.35. The Morgan fingerprint density at radius 2 is 1.61 bits per heavy atom. The van der Waals surface area contributed by atoms with Crippen LogP contribution in [0.3, 0.4) is 0 Å². The van der Waals surface area contributed by atoms with Crippen LogP contribution in [-0.4, -0.2) is 67.6 Å². The van der Waals surface area contributed by atoms with Crippen LogP contribution in [0.5, 0.6) is 5.75 Å². The van der Waals surface area contributed by atoms with Gasteiger partial charge in [-0.15, -0.1) is 0 Å². The first-order valence-electron chi connectivity index (χ1n) is 15.3. The van der Waals surface area contributed by atoms with Crippen LogP contribution in [-0.2, 0) is 12.6 Å². The smallest absolute Gasteiger partial charge is 0.416 e. The molecule has 2 fully saturated rings. The van der Waals surface area contributed by atoms with Gasteiger partial charge in [0, 0.05) is 44.3 Å². The van der Waals surface area contributed by atoms with Gasteiger partial charge in [0.2, 0.25) is 0 Å². The summed E-state index contributed by atoms with van der Waals surface area (Å²) in [5, 5.41) is 3.72. The Hall–Kier alpha value is -2.58. The topological polar surface area (TPSA) is 44.8 Å². The monoisotopic (exact) mass is 573 g/mol. The van der Waals surface area contributed by atoms with E-state index in [1.54, 1.807) is 4.90 Å². The molecule has 1 amide bonds. The highest BCUT2D eigenvalue weighted by Gasteiger charge is 2.31. The van der Waals surface area contributed by atoms with Crippen molar-refractivity contribution >= 4 is 5.91 Å². The maximum atomic E-state index is 12.8. The van der Waals surface area contributed by atoms with Gasteiger partial charge in [-0.2, -0.15) is 13.2 Å². The number of halogens is 3. The van der Waals surface area contributed by atoms with Crippen molar-refractivity contribution in [2.75, 3.05) is 45.9 Å². The van der Waals surface area contributed by atoms with E-state index in [2.05, 4.69) is 43.1 Å². The molecule has 1 saturated carbocycles. The zero-order chi connectivity index (χ0) is 29.4. The van der Waals surface area contributed by atoms with E-state index in [9.17, 15) is 18.0 Å². The maximum Gasteiger partial charge on any atom is 0.416 e. The summed E-state index contributed by atoms with van der Waals surface area (Å²) in [4.78, 5) is 16.8.